The van der Waals surface area contributed by atoms with Gasteiger partial charge in [-0.25, -0.2) is 4.79 Å². The molecule has 5 nitrogen and oxygen atoms in total. The van der Waals surface area contributed by atoms with Crippen molar-refractivity contribution >= 4 is 17.8 Å². The Balaban J connectivity index is 2.27. The fourth-order valence-corrected chi connectivity index (χ4v) is 3.43. The van der Waals surface area contributed by atoms with Crippen LogP contribution in [-0.4, -0.2) is 28.8 Å². The van der Waals surface area contributed by atoms with Gasteiger partial charge in [0.25, 0.3) is 0 Å². The van der Waals surface area contributed by atoms with Gasteiger partial charge in [-0.15, -0.1) is 0 Å². The lowest BCUT2D eigenvalue weighted by Crippen LogP contribution is -2.63. The molecule has 0 aromatic heterocycles. The molecule has 2 aliphatic rings. The van der Waals surface area contributed by atoms with E-state index in [1.54, 1.807) is 0 Å². The van der Waals surface area contributed by atoms with Crippen LogP contribution >= 0.6 is 0 Å². The van der Waals surface area contributed by atoms with Gasteiger partial charge >= 0.3 is 6.03 Å². The Bertz CT molecular complexity index is 433. The van der Waals surface area contributed by atoms with Crippen molar-refractivity contribution in [3.05, 3.63) is 0 Å². The van der Waals surface area contributed by atoms with E-state index in [1.807, 2.05) is 13.8 Å². The molecule has 0 bridgehead atoms. The van der Waals surface area contributed by atoms with Gasteiger partial charge < -0.3 is 0 Å². The largest absolute Gasteiger partial charge is 0.331 e. The summed E-state index contributed by atoms with van der Waals surface area (Å²) < 4.78 is 0. The first-order valence-corrected chi connectivity index (χ1v) is 7.52. The molecule has 1 heterocycles. The van der Waals surface area contributed by atoms with E-state index in [4.69, 9.17) is 0 Å². The lowest BCUT2D eigenvalue weighted by atomic mass is 9.76. The van der Waals surface area contributed by atoms with E-state index < -0.39 is 17.9 Å². The summed E-state index contributed by atoms with van der Waals surface area (Å²) in [4.78, 5) is 37.9. The number of amides is 4. The van der Waals surface area contributed by atoms with Crippen molar-refractivity contribution in [2.45, 2.75) is 53.0 Å². The second-order valence-corrected chi connectivity index (χ2v) is 6.56. The third-order valence-electron chi connectivity index (χ3n) is 4.90. The quantitative estimate of drug-likeness (QED) is 0.788. The van der Waals surface area contributed by atoms with Crippen LogP contribution in [0.1, 0.15) is 47.0 Å². The molecule has 112 valence electrons. The molecule has 2 rings (SSSR count). The van der Waals surface area contributed by atoms with Crippen LogP contribution in [0.15, 0.2) is 0 Å². The molecular formula is C15H24N2O3. The summed E-state index contributed by atoms with van der Waals surface area (Å²) in [5, 5.41) is 2.35. The van der Waals surface area contributed by atoms with Gasteiger partial charge in [0.15, 0.2) is 0 Å². The lowest BCUT2D eigenvalue weighted by molar-refractivity contribution is -0.147. The zero-order chi connectivity index (χ0) is 15.0. The molecule has 1 saturated heterocycles. The van der Waals surface area contributed by atoms with E-state index in [0.717, 1.165) is 19.3 Å². The topological polar surface area (TPSA) is 66.5 Å². The number of urea groups is 1. The Kier molecular flexibility index (Phi) is 4.16. The first-order chi connectivity index (χ1) is 9.34. The van der Waals surface area contributed by atoms with E-state index in [-0.39, 0.29) is 23.8 Å². The van der Waals surface area contributed by atoms with E-state index in [0.29, 0.717) is 5.92 Å². The van der Waals surface area contributed by atoms with Crippen LogP contribution < -0.4 is 5.32 Å². The van der Waals surface area contributed by atoms with Crippen LogP contribution in [0.5, 0.6) is 0 Å². The maximum atomic E-state index is 12.6. The average molecular weight is 280 g/mol. The number of nitrogens with zero attached hydrogens (tertiary/aromatic N) is 1. The van der Waals surface area contributed by atoms with E-state index in [9.17, 15) is 14.4 Å². The van der Waals surface area contributed by atoms with Crippen molar-refractivity contribution in [2.24, 2.45) is 23.7 Å². The third kappa shape index (κ3) is 2.45. The Labute approximate surface area is 120 Å². The van der Waals surface area contributed by atoms with Gasteiger partial charge in [0, 0.05) is 6.04 Å². The zero-order valence-corrected chi connectivity index (χ0v) is 12.7. The summed E-state index contributed by atoms with van der Waals surface area (Å²) in [7, 11) is 0. The molecule has 1 aliphatic carbocycles. The van der Waals surface area contributed by atoms with Crippen LogP contribution in [0, 0.1) is 23.7 Å². The third-order valence-corrected chi connectivity index (χ3v) is 4.90. The summed E-state index contributed by atoms with van der Waals surface area (Å²) in [6, 6.07) is -0.622. The molecule has 1 aliphatic heterocycles. The van der Waals surface area contributed by atoms with Gasteiger partial charge in [-0.3, -0.25) is 19.8 Å². The van der Waals surface area contributed by atoms with Crippen molar-refractivity contribution in [3.63, 3.8) is 0 Å². The molecule has 0 aromatic rings. The fourth-order valence-electron chi connectivity index (χ4n) is 3.43. The van der Waals surface area contributed by atoms with Crippen LogP contribution in [-0.2, 0) is 9.59 Å². The number of imide groups is 2. The summed E-state index contributed by atoms with van der Waals surface area (Å²) in [5.41, 5.74) is 0. The van der Waals surface area contributed by atoms with E-state index in [1.165, 1.54) is 4.90 Å². The highest BCUT2D eigenvalue weighted by Gasteiger charge is 2.47. The molecule has 1 saturated carbocycles. The predicted molar refractivity (Wildman–Crippen MR) is 74.7 cm³/mol. The van der Waals surface area contributed by atoms with Crippen molar-refractivity contribution in [1.29, 1.82) is 0 Å². The zero-order valence-electron chi connectivity index (χ0n) is 12.7. The van der Waals surface area contributed by atoms with Crippen molar-refractivity contribution in [2.75, 3.05) is 0 Å². The van der Waals surface area contributed by atoms with E-state index in [2.05, 4.69) is 19.2 Å². The van der Waals surface area contributed by atoms with Gasteiger partial charge in [-0.05, 0) is 24.2 Å². The number of barbiturate groups is 1. The van der Waals surface area contributed by atoms with Crippen LogP contribution in [0.25, 0.3) is 0 Å². The molecule has 2 fully saturated rings. The fraction of sp³-hybridized carbons (Fsp3) is 0.800. The smallest absolute Gasteiger partial charge is 0.277 e. The Morgan fingerprint density at radius 3 is 2.40 bits per heavy atom. The first kappa shape index (κ1) is 15.0. The summed E-state index contributed by atoms with van der Waals surface area (Å²) >= 11 is 0. The molecule has 4 unspecified atom stereocenters. The van der Waals surface area contributed by atoms with Gasteiger partial charge in [0.05, 0.1) is 0 Å². The van der Waals surface area contributed by atoms with Crippen molar-refractivity contribution < 1.29 is 14.4 Å². The highest BCUT2D eigenvalue weighted by molar-refractivity contribution is 6.16. The minimum atomic E-state index is -0.739. The molecule has 0 spiro atoms. The van der Waals surface area contributed by atoms with Gasteiger partial charge in [-0.2, -0.15) is 0 Å². The number of nitrogens with one attached hydrogen (secondary N) is 1. The summed E-state index contributed by atoms with van der Waals surface area (Å²) in [6.07, 6.45) is 2.99. The Hall–Kier alpha value is -1.39. The maximum Gasteiger partial charge on any atom is 0.331 e. The van der Waals surface area contributed by atoms with Gasteiger partial charge in [0.1, 0.15) is 5.92 Å². The second-order valence-electron chi connectivity index (χ2n) is 6.56. The van der Waals surface area contributed by atoms with Crippen LogP contribution in [0.4, 0.5) is 4.79 Å². The van der Waals surface area contributed by atoms with Crippen LogP contribution in [0.3, 0.4) is 0 Å². The minimum absolute atomic E-state index is 0.0828. The summed E-state index contributed by atoms with van der Waals surface area (Å²) in [5.74, 6) is -0.849. The monoisotopic (exact) mass is 280 g/mol. The summed E-state index contributed by atoms with van der Waals surface area (Å²) in [6.45, 7) is 7.93. The normalized spacial score (nSPS) is 35.5. The van der Waals surface area contributed by atoms with Crippen LogP contribution in [0.2, 0.25) is 0 Å². The highest BCUT2D eigenvalue weighted by Crippen LogP contribution is 2.35. The first-order valence-electron chi connectivity index (χ1n) is 7.52. The van der Waals surface area contributed by atoms with Crippen molar-refractivity contribution in [1.82, 2.24) is 10.2 Å². The molecule has 4 amide bonds. The lowest BCUT2D eigenvalue weighted by Gasteiger charge is -2.43. The molecule has 0 radical (unpaired) electrons. The Morgan fingerprint density at radius 2 is 1.80 bits per heavy atom. The second kappa shape index (κ2) is 5.54. The number of carbonyl (C=O) groups excluding carboxylic acids is 3. The molecular weight excluding hydrogens is 256 g/mol. The van der Waals surface area contributed by atoms with Gasteiger partial charge in [-0.1, -0.05) is 40.5 Å². The minimum Gasteiger partial charge on any atom is -0.277 e. The maximum absolute atomic E-state index is 12.6. The standard InChI is InChI=1S/C15H24N2O3/c1-8(2)12-13(18)16-15(20)17(14(12)19)11-7-5-6-9(3)10(11)4/h8-12H,5-7H2,1-4H3,(H,16,18,20). The molecule has 4 atom stereocenters. The van der Waals surface area contributed by atoms with Gasteiger partial charge in [0.2, 0.25) is 11.8 Å². The number of rotatable bonds is 2. The molecule has 20 heavy (non-hydrogen) atoms. The number of hydrogen-bond donors (Lipinski definition) is 1. The molecule has 5 heteroatoms. The van der Waals surface area contributed by atoms with E-state index >= 15 is 0 Å². The molecule has 1 N–H and O–H groups in total. The Morgan fingerprint density at radius 1 is 1.15 bits per heavy atom. The number of carbonyl (C=O) groups is 3. The predicted octanol–water partition coefficient (Wildman–Crippen LogP) is 2.16. The average Bonchev–Trinajstić information content (AvgIpc) is 2.33. The number of hydrogen-bond acceptors (Lipinski definition) is 3. The SMILES string of the molecule is CC(C)C1C(=O)NC(=O)N(C2CCCC(C)C2C)C1=O. The molecule has 0 aromatic carbocycles. The van der Waals surface area contributed by atoms with Crippen molar-refractivity contribution in [3.8, 4) is 0 Å². The highest BCUT2D eigenvalue weighted by atomic mass is 16.2.